The Kier molecular flexibility index (Phi) is 3.57. The Balaban J connectivity index is 2.61. The molecule has 0 aromatic carbocycles. The molecule has 0 atom stereocenters. The average Bonchev–Trinajstić information content (AvgIpc) is 2.29. The van der Waals surface area contributed by atoms with Gasteiger partial charge >= 0.3 is 0 Å². The first-order valence-corrected chi connectivity index (χ1v) is 5.57. The van der Waals surface area contributed by atoms with Crippen LogP contribution in [0.25, 0.3) is 0 Å². The summed E-state index contributed by atoms with van der Waals surface area (Å²) in [5.74, 6) is 0. The van der Waals surface area contributed by atoms with Crippen molar-refractivity contribution in [1.82, 2.24) is 0 Å². The molecule has 72 valence electrons. The zero-order valence-electron chi connectivity index (χ0n) is 8.97. The highest BCUT2D eigenvalue weighted by atomic mass is 15.4. The summed E-state index contributed by atoms with van der Waals surface area (Å²) >= 11 is 0. The molecule has 1 aliphatic heterocycles. The second-order valence-corrected chi connectivity index (χ2v) is 4.49. The number of rotatable bonds is 2. The molecule has 0 amide bonds. The molecule has 1 nitrogen and oxygen atoms in total. The van der Waals surface area contributed by atoms with E-state index in [-0.39, 0.29) is 0 Å². The van der Waals surface area contributed by atoms with Crippen LogP contribution in [-0.2, 0) is 0 Å². The molecule has 1 heterocycles. The zero-order valence-corrected chi connectivity index (χ0v) is 8.97. The molecular formula is C11H24N+. The lowest BCUT2D eigenvalue weighted by Crippen LogP contribution is -2.53. The van der Waals surface area contributed by atoms with Gasteiger partial charge in [0.2, 0.25) is 0 Å². The minimum Gasteiger partial charge on any atom is -0.322 e. The van der Waals surface area contributed by atoms with E-state index < -0.39 is 0 Å². The maximum absolute atomic E-state index is 2.38. The van der Waals surface area contributed by atoms with Crippen molar-refractivity contribution in [2.45, 2.75) is 52.5 Å². The molecule has 0 bridgehead atoms. The maximum Gasteiger partial charge on any atom is 0.0833 e. The molecule has 0 aromatic heterocycles. The normalized spacial score (nSPS) is 24.0. The number of nitrogens with zero attached hydrogens (tertiary/aromatic N) is 1. The Morgan fingerprint density at radius 3 is 1.83 bits per heavy atom. The van der Waals surface area contributed by atoms with E-state index in [1.807, 2.05) is 0 Å². The highest BCUT2D eigenvalue weighted by Gasteiger charge is 2.29. The van der Waals surface area contributed by atoms with Crippen LogP contribution in [0.15, 0.2) is 0 Å². The van der Waals surface area contributed by atoms with Crippen LogP contribution in [0, 0.1) is 0 Å². The molecule has 0 spiro atoms. The number of hydrogen-bond donors (Lipinski definition) is 0. The first-order chi connectivity index (χ1) is 5.71. The van der Waals surface area contributed by atoms with Crippen LogP contribution in [0.3, 0.4) is 0 Å². The molecule has 1 saturated heterocycles. The van der Waals surface area contributed by atoms with Crippen molar-refractivity contribution >= 4 is 0 Å². The third kappa shape index (κ3) is 2.01. The van der Waals surface area contributed by atoms with Gasteiger partial charge in [0.05, 0.1) is 25.7 Å². The number of quaternary nitrogens is 1. The molecule has 0 unspecified atom stereocenters. The van der Waals surface area contributed by atoms with Crippen molar-refractivity contribution in [3.8, 4) is 0 Å². The predicted molar refractivity (Wildman–Crippen MR) is 54.1 cm³/mol. The van der Waals surface area contributed by atoms with Crippen molar-refractivity contribution < 1.29 is 4.48 Å². The summed E-state index contributed by atoms with van der Waals surface area (Å²) in [4.78, 5) is 0. The monoisotopic (exact) mass is 170 g/mol. The van der Waals surface area contributed by atoms with Crippen molar-refractivity contribution in [1.29, 1.82) is 0 Å². The quantitative estimate of drug-likeness (QED) is 0.559. The van der Waals surface area contributed by atoms with Crippen molar-refractivity contribution in [3.05, 3.63) is 0 Å². The summed E-state index contributed by atoms with van der Waals surface area (Å²) < 4.78 is 1.38. The van der Waals surface area contributed by atoms with Crippen LogP contribution >= 0.6 is 0 Å². The molecule has 0 radical (unpaired) electrons. The fraction of sp³-hybridized carbons (Fsp3) is 1.00. The van der Waals surface area contributed by atoms with Gasteiger partial charge in [0, 0.05) is 0 Å². The van der Waals surface area contributed by atoms with Gasteiger partial charge in [0.1, 0.15) is 0 Å². The Hall–Kier alpha value is -0.0400. The van der Waals surface area contributed by atoms with Gasteiger partial charge in [-0.1, -0.05) is 0 Å². The van der Waals surface area contributed by atoms with Crippen molar-refractivity contribution in [2.75, 3.05) is 19.6 Å². The highest BCUT2D eigenvalue weighted by molar-refractivity contribution is 4.55. The van der Waals surface area contributed by atoms with Crippen LogP contribution in [0.2, 0.25) is 0 Å². The van der Waals surface area contributed by atoms with E-state index in [0.29, 0.717) is 0 Å². The fourth-order valence-corrected chi connectivity index (χ4v) is 2.52. The zero-order chi connectivity index (χ0) is 9.03. The molecule has 1 rings (SSSR count). The third-order valence-corrected chi connectivity index (χ3v) is 3.68. The Bertz CT molecular complexity index is 121. The van der Waals surface area contributed by atoms with Gasteiger partial charge in [-0.25, -0.2) is 0 Å². The van der Waals surface area contributed by atoms with Gasteiger partial charge < -0.3 is 4.48 Å². The number of hydrogen-bond acceptors (Lipinski definition) is 0. The molecule has 12 heavy (non-hydrogen) atoms. The Morgan fingerprint density at radius 1 is 1.00 bits per heavy atom. The van der Waals surface area contributed by atoms with Crippen LogP contribution in [0.5, 0.6) is 0 Å². The summed E-state index contributed by atoms with van der Waals surface area (Å²) in [7, 11) is 0. The van der Waals surface area contributed by atoms with Crippen LogP contribution in [0.1, 0.15) is 46.5 Å². The van der Waals surface area contributed by atoms with E-state index in [1.165, 1.54) is 49.8 Å². The Morgan fingerprint density at radius 2 is 1.50 bits per heavy atom. The molecule has 1 aliphatic rings. The molecule has 0 aliphatic carbocycles. The largest absolute Gasteiger partial charge is 0.322 e. The van der Waals surface area contributed by atoms with Crippen molar-refractivity contribution in [3.63, 3.8) is 0 Å². The average molecular weight is 170 g/mol. The summed E-state index contributed by atoms with van der Waals surface area (Å²) in [6.45, 7) is 11.3. The lowest BCUT2D eigenvalue weighted by Gasteiger charge is -2.40. The minimum absolute atomic E-state index is 0.827. The molecule has 1 fully saturated rings. The molecule has 0 aromatic rings. The van der Waals surface area contributed by atoms with E-state index in [4.69, 9.17) is 0 Å². The van der Waals surface area contributed by atoms with E-state index in [9.17, 15) is 0 Å². The summed E-state index contributed by atoms with van der Waals surface area (Å²) in [6, 6.07) is 0.827. The standard InChI is InChI=1S/C11H24N/c1-4-12(11(2)3)9-7-5-6-8-10-12/h11H,4-10H2,1-3H3/q+1. The van der Waals surface area contributed by atoms with Crippen LogP contribution in [-0.4, -0.2) is 30.2 Å². The number of likely N-dealkylation sites (tertiary alicyclic amines) is 1. The van der Waals surface area contributed by atoms with Gasteiger partial charge in [0.15, 0.2) is 0 Å². The first-order valence-electron chi connectivity index (χ1n) is 5.57. The SMILES string of the molecule is CC[N+]1(C(C)C)CCCCCC1. The van der Waals surface area contributed by atoms with Gasteiger partial charge in [-0.15, -0.1) is 0 Å². The second kappa shape index (κ2) is 4.27. The summed E-state index contributed by atoms with van der Waals surface area (Å²) in [6.07, 6.45) is 5.83. The van der Waals surface area contributed by atoms with Crippen LogP contribution in [0.4, 0.5) is 0 Å². The summed E-state index contributed by atoms with van der Waals surface area (Å²) in [5.41, 5.74) is 0. The van der Waals surface area contributed by atoms with Crippen molar-refractivity contribution in [2.24, 2.45) is 0 Å². The fourth-order valence-electron chi connectivity index (χ4n) is 2.52. The van der Waals surface area contributed by atoms with Gasteiger partial charge in [0.25, 0.3) is 0 Å². The smallest absolute Gasteiger partial charge is 0.0833 e. The van der Waals surface area contributed by atoms with E-state index in [0.717, 1.165) is 6.04 Å². The minimum atomic E-state index is 0.827. The van der Waals surface area contributed by atoms with E-state index in [1.54, 1.807) is 0 Å². The van der Waals surface area contributed by atoms with Crippen LogP contribution < -0.4 is 0 Å². The summed E-state index contributed by atoms with van der Waals surface area (Å²) in [5, 5.41) is 0. The molecule has 1 heteroatoms. The van der Waals surface area contributed by atoms with Gasteiger partial charge in [-0.05, 0) is 46.5 Å². The second-order valence-electron chi connectivity index (χ2n) is 4.49. The van der Waals surface area contributed by atoms with Gasteiger partial charge in [-0.3, -0.25) is 0 Å². The van der Waals surface area contributed by atoms with E-state index in [2.05, 4.69) is 20.8 Å². The molecular weight excluding hydrogens is 146 g/mol. The first kappa shape index (κ1) is 10.0. The predicted octanol–water partition coefficient (Wildman–Crippen LogP) is 2.81. The molecule has 0 saturated carbocycles. The van der Waals surface area contributed by atoms with Gasteiger partial charge in [-0.2, -0.15) is 0 Å². The topological polar surface area (TPSA) is 0 Å². The van der Waals surface area contributed by atoms with E-state index >= 15 is 0 Å². The maximum atomic E-state index is 2.38. The Labute approximate surface area is 77.4 Å². The third-order valence-electron chi connectivity index (χ3n) is 3.68. The lowest BCUT2D eigenvalue weighted by molar-refractivity contribution is -0.945. The molecule has 0 N–H and O–H groups in total. The lowest BCUT2D eigenvalue weighted by atomic mass is 10.2. The highest BCUT2D eigenvalue weighted by Crippen LogP contribution is 2.21.